The van der Waals surface area contributed by atoms with Crippen LogP contribution in [-0.2, 0) is 6.54 Å². The van der Waals surface area contributed by atoms with E-state index < -0.39 is 0 Å². The highest BCUT2D eigenvalue weighted by molar-refractivity contribution is 5.51. The van der Waals surface area contributed by atoms with Gasteiger partial charge in [-0.25, -0.2) is 0 Å². The van der Waals surface area contributed by atoms with Crippen molar-refractivity contribution in [1.82, 2.24) is 24.9 Å². The summed E-state index contributed by atoms with van der Waals surface area (Å²) in [6, 6.07) is 4.23. The third-order valence-corrected chi connectivity index (χ3v) is 4.41. The van der Waals surface area contributed by atoms with Crippen LogP contribution >= 0.6 is 0 Å². The van der Waals surface area contributed by atoms with Crippen molar-refractivity contribution in [2.75, 3.05) is 26.2 Å². The Hall–Kier alpha value is -1.83. The van der Waals surface area contributed by atoms with Crippen molar-refractivity contribution in [3.8, 4) is 11.4 Å². The van der Waals surface area contributed by atoms with E-state index in [-0.39, 0.29) is 6.10 Å². The second kappa shape index (κ2) is 7.83. The van der Waals surface area contributed by atoms with Gasteiger partial charge in [-0.3, -0.25) is 14.8 Å². The zero-order valence-corrected chi connectivity index (χ0v) is 14.3. The van der Waals surface area contributed by atoms with Crippen LogP contribution in [0.25, 0.3) is 11.4 Å². The molecule has 7 nitrogen and oxygen atoms in total. The quantitative estimate of drug-likeness (QED) is 0.857. The molecule has 130 valence electrons. The normalized spacial score (nSPS) is 21.0. The molecule has 1 aliphatic heterocycles. The fourth-order valence-corrected chi connectivity index (χ4v) is 3.19. The number of rotatable bonds is 6. The molecular weight excluding hydrogens is 306 g/mol. The number of aliphatic hydroxyl groups is 1. The lowest BCUT2D eigenvalue weighted by Crippen LogP contribution is -2.54. The number of aliphatic hydroxyl groups excluding tert-OH is 1. The third kappa shape index (κ3) is 4.17. The largest absolute Gasteiger partial charge is 0.392 e. The summed E-state index contributed by atoms with van der Waals surface area (Å²) in [7, 11) is 0. The van der Waals surface area contributed by atoms with Gasteiger partial charge in [0, 0.05) is 50.2 Å². The summed E-state index contributed by atoms with van der Waals surface area (Å²) in [6.07, 6.45) is 4.23. The first kappa shape index (κ1) is 17.0. The van der Waals surface area contributed by atoms with Gasteiger partial charge in [0.2, 0.25) is 11.7 Å². The van der Waals surface area contributed by atoms with Crippen LogP contribution in [0.1, 0.15) is 26.2 Å². The minimum atomic E-state index is -0.288. The van der Waals surface area contributed by atoms with Crippen LogP contribution in [0.3, 0.4) is 0 Å². The SMILES string of the molecule is CC[C@@H]1CN(Cc2nc(-c3cccnc3)no2)CCN1C[C@H](C)O. The van der Waals surface area contributed by atoms with Crippen LogP contribution < -0.4 is 0 Å². The average molecular weight is 331 g/mol. The number of hydrogen-bond acceptors (Lipinski definition) is 7. The first-order valence-corrected chi connectivity index (χ1v) is 8.53. The van der Waals surface area contributed by atoms with Crippen molar-refractivity contribution < 1.29 is 9.63 Å². The number of piperazine rings is 1. The zero-order chi connectivity index (χ0) is 16.9. The number of hydrogen-bond donors (Lipinski definition) is 1. The van der Waals surface area contributed by atoms with E-state index in [0.717, 1.165) is 38.2 Å². The molecular formula is C17H25N5O2. The maximum absolute atomic E-state index is 9.64. The van der Waals surface area contributed by atoms with Crippen molar-refractivity contribution >= 4 is 0 Å². The summed E-state index contributed by atoms with van der Waals surface area (Å²) in [6.45, 7) is 8.27. The summed E-state index contributed by atoms with van der Waals surface area (Å²) in [5.74, 6) is 1.21. The van der Waals surface area contributed by atoms with Crippen LogP contribution in [0, 0.1) is 0 Å². The number of pyridine rings is 1. The predicted molar refractivity (Wildman–Crippen MR) is 90.1 cm³/mol. The van der Waals surface area contributed by atoms with Crippen molar-refractivity contribution in [3.63, 3.8) is 0 Å². The van der Waals surface area contributed by atoms with Crippen LogP contribution in [0.15, 0.2) is 29.0 Å². The lowest BCUT2D eigenvalue weighted by Gasteiger charge is -2.41. The Kier molecular flexibility index (Phi) is 5.55. The van der Waals surface area contributed by atoms with Crippen LogP contribution in [-0.4, -0.2) is 68.4 Å². The van der Waals surface area contributed by atoms with Crippen molar-refractivity contribution in [3.05, 3.63) is 30.4 Å². The molecule has 3 heterocycles. The first-order valence-electron chi connectivity index (χ1n) is 8.53. The number of nitrogens with zero attached hydrogens (tertiary/aromatic N) is 5. The fourth-order valence-electron chi connectivity index (χ4n) is 3.19. The Morgan fingerprint density at radius 1 is 1.42 bits per heavy atom. The molecule has 0 unspecified atom stereocenters. The summed E-state index contributed by atoms with van der Waals surface area (Å²) >= 11 is 0. The van der Waals surface area contributed by atoms with E-state index >= 15 is 0 Å². The van der Waals surface area contributed by atoms with Gasteiger partial charge in [0.15, 0.2) is 0 Å². The highest BCUT2D eigenvalue weighted by Crippen LogP contribution is 2.18. The maximum Gasteiger partial charge on any atom is 0.241 e. The molecule has 0 saturated carbocycles. The lowest BCUT2D eigenvalue weighted by molar-refractivity contribution is 0.0302. The van der Waals surface area contributed by atoms with Crippen molar-refractivity contribution in [2.45, 2.75) is 39.0 Å². The van der Waals surface area contributed by atoms with Gasteiger partial charge in [0.25, 0.3) is 0 Å². The molecule has 0 aromatic carbocycles. The Morgan fingerprint density at radius 2 is 2.29 bits per heavy atom. The molecule has 0 aliphatic carbocycles. The maximum atomic E-state index is 9.64. The molecule has 3 rings (SSSR count). The second-order valence-electron chi connectivity index (χ2n) is 6.39. The third-order valence-electron chi connectivity index (χ3n) is 4.41. The summed E-state index contributed by atoms with van der Waals surface area (Å²) < 4.78 is 5.40. The van der Waals surface area contributed by atoms with E-state index in [1.165, 1.54) is 0 Å². The van der Waals surface area contributed by atoms with Crippen molar-refractivity contribution in [1.29, 1.82) is 0 Å². The van der Waals surface area contributed by atoms with Gasteiger partial charge in [-0.15, -0.1) is 0 Å². The first-order chi connectivity index (χ1) is 11.7. The van der Waals surface area contributed by atoms with Gasteiger partial charge in [-0.2, -0.15) is 4.98 Å². The monoisotopic (exact) mass is 331 g/mol. The van der Waals surface area contributed by atoms with Crippen molar-refractivity contribution in [2.24, 2.45) is 0 Å². The van der Waals surface area contributed by atoms with E-state index in [1.54, 1.807) is 12.4 Å². The molecule has 2 atom stereocenters. The van der Waals surface area contributed by atoms with Gasteiger partial charge >= 0.3 is 0 Å². The minimum Gasteiger partial charge on any atom is -0.392 e. The van der Waals surface area contributed by atoms with E-state index in [4.69, 9.17) is 4.52 Å². The summed E-state index contributed by atoms with van der Waals surface area (Å²) in [5, 5.41) is 13.7. The molecule has 1 saturated heterocycles. The lowest BCUT2D eigenvalue weighted by atomic mass is 10.1. The Bertz CT molecular complexity index is 631. The molecule has 0 amide bonds. The van der Waals surface area contributed by atoms with E-state index in [9.17, 15) is 5.11 Å². The van der Waals surface area contributed by atoms with E-state index in [1.807, 2.05) is 19.1 Å². The fraction of sp³-hybridized carbons (Fsp3) is 0.588. The molecule has 7 heteroatoms. The molecule has 2 aromatic rings. The smallest absolute Gasteiger partial charge is 0.241 e. The standard InChI is InChI=1S/C17H25N5O2/c1-3-15-11-21(7-8-22(15)10-13(2)23)12-16-19-17(20-24-16)14-5-4-6-18-9-14/h4-6,9,13,15,23H,3,7-8,10-12H2,1-2H3/t13-,15+/m0/s1. The Balaban J connectivity index is 1.60. The molecule has 1 fully saturated rings. The topological polar surface area (TPSA) is 78.5 Å². The highest BCUT2D eigenvalue weighted by atomic mass is 16.5. The molecule has 0 radical (unpaired) electrons. The van der Waals surface area contributed by atoms with E-state index in [0.29, 0.717) is 24.3 Å². The molecule has 1 N–H and O–H groups in total. The van der Waals surface area contributed by atoms with Crippen LogP contribution in [0.4, 0.5) is 0 Å². The van der Waals surface area contributed by atoms with Gasteiger partial charge in [0.1, 0.15) is 0 Å². The molecule has 0 spiro atoms. The molecule has 2 aromatic heterocycles. The van der Waals surface area contributed by atoms with E-state index in [2.05, 4.69) is 31.8 Å². The minimum absolute atomic E-state index is 0.288. The molecule has 24 heavy (non-hydrogen) atoms. The summed E-state index contributed by atoms with van der Waals surface area (Å²) in [5.41, 5.74) is 0.862. The summed E-state index contributed by atoms with van der Waals surface area (Å²) in [4.78, 5) is 13.3. The zero-order valence-electron chi connectivity index (χ0n) is 14.3. The van der Waals surface area contributed by atoms with Gasteiger partial charge < -0.3 is 9.63 Å². The second-order valence-corrected chi connectivity index (χ2v) is 6.39. The predicted octanol–water partition coefficient (Wildman–Crippen LogP) is 1.41. The van der Waals surface area contributed by atoms with Gasteiger partial charge in [0.05, 0.1) is 12.6 Å². The van der Waals surface area contributed by atoms with Gasteiger partial charge in [-0.05, 0) is 25.5 Å². The Labute approximate surface area is 142 Å². The van der Waals surface area contributed by atoms with Crippen LogP contribution in [0.5, 0.6) is 0 Å². The molecule has 1 aliphatic rings. The van der Waals surface area contributed by atoms with Crippen LogP contribution in [0.2, 0.25) is 0 Å². The Morgan fingerprint density at radius 3 is 3.00 bits per heavy atom. The number of aromatic nitrogens is 3. The average Bonchev–Trinajstić information content (AvgIpc) is 3.05. The highest BCUT2D eigenvalue weighted by Gasteiger charge is 2.27. The number of β-amino-alcohol motifs (C(OH)–C–C–N with tert-alkyl or cyclic N) is 1. The molecule has 0 bridgehead atoms. The van der Waals surface area contributed by atoms with Gasteiger partial charge in [-0.1, -0.05) is 12.1 Å².